The summed E-state index contributed by atoms with van der Waals surface area (Å²) in [5.41, 5.74) is 1.51. The molecule has 2 aromatic rings. The normalized spacial score (nSPS) is 25.4. The van der Waals surface area contributed by atoms with Crippen molar-refractivity contribution < 1.29 is 18.0 Å². The monoisotopic (exact) mass is 567 g/mol. The van der Waals surface area contributed by atoms with Crippen LogP contribution in [0.3, 0.4) is 0 Å². The smallest absolute Gasteiger partial charge is 0.320 e. The number of sulfone groups is 1. The van der Waals surface area contributed by atoms with Crippen LogP contribution in [0, 0.1) is 5.92 Å². The fraction of sp³-hybridized carbons (Fsp3) is 0.567. The third-order valence-electron chi connectivity index (χ3n) is 9.41. The standard InChI is InChI=1S/C30H41N5O4S/c1-33(2)30(24-10-5-4-6-11-24)17-15-29(16-18-30)22-34(28(37)35(29)21-23-8-7-9-23)19-14-26(36)32-25-12-13-27(31-20-25)40(3,38)39/h4-6,10-13,20,23H,7-9,14-19,21-22H2,1-3H3,(H,32,36)/t29-,30-. The van der Waals surface area contributed by atoms with Crippen molar-refractivity contribution in [3.8, 4) is 0 Å². The minimum absolute atomic E-state index is 0.0388. The van der Waals surface area contributed by atoms with E-state index in [4.69, 9.17) is 0 Å². The average Bonchev–Trinajstić information content (AvgIpc) is 3.15. The lowest BCUT2D eigenvalue weighted by molar-refractivity contribution is -0.116. The Labute approximate surface area is 237 Å². The van der Waals surface area contributed by atoms with E-state index in [2.05, 4.69) is 64.5 Å². The van der Waals surface area contributed by atoms with Gasteiger partial charge in [-0.05, 0) is 76.2 Å². The van der Waals surface area contributed by atoms with Gasteiger partial charge in [-0.3, -0.25) is 9.69 Å². The van der Waals surface area contributed by atoms with Crippen molar-refractivity contribution in [2.75, 3.05) is 45.3 Å². The Balaban J connectivity index is 1.26. The van der Waals surface area contributed by atoms with E-state index in [0.717, 1.165) is 38.5 Å². The molecule has 0 unspecified atom stereocenters. The van der Waals surface area contributed by atoms with Crippen molar-refractivity contribution in [3.63, 3.8) is 0 Å². The zero-order chi connectivity index (χ0) is 28.5. The van der Waals surface area contributed by atoms with Crippen molar-refractivity contribution in [2.24, 2.45) is 5.92 Å². The van der Waals surface area contributed by atoms with E-state index in [1.807, 2.05) is 4.90 Å². The van der Waals surface area contributed by atoms with Crippen LogP contribution in [0.1, 0.15) is 56.9 Å². The Morgan fingerprint density at radius 1 is 1.07 bits per heavy atom. The second-order valence-electron chi connectivity index (χ2n) is 12.1. The lowest BCUT2D eigenvalue weighted by Crippen LogP contribution is -2.56. The lowest BCUT2D eigenvalue weighted by atomic mass is 9.68. The molecule has 3 aliphatic rings. The second kappa shape index (κ2) is 11.1. The number of hydrogen-bond acceptors (Lipinski definition) is 6. The van der Waals surface area contributed by atoms with Crippen LogP contribution in [0.25, 0.3) is 0 Å². The number of carbonyl (C=O) groups is 2. The molecule has 10 heteroatoms. The summed E-state index contributed by atoms with van der Waals surface area (Å²) < 4.78 is 23.3. The summed E-state index contributed by atoms with van der Waals surface area (Å²) in [5.74, 6) is 0.341. The molecule has 1 N–H and O–H groups in total. The summed E-state index contributed by atoms with van der Waals surface area (Å²) in [6, 6.07) is 13.7. The van der Waals surface area contributed by atoms with E-state index >= 15 is 0 Å². The Kier molecular flexibility index (Phi) is 7.94. The maximum absolute atomic E-state index is 13.8. The van der Waals surface area contributed by atoms with Crippen molar-refractivity contribution in [1.29, 1.82) is 0 Å². The first-order valence-electron chi connectivity index (χ1n) is 14.3. The molecule has 0 bridgehead atoms. The molecule has 2 aliphatic carbocycles. The summed E-state index contributed by atoms with van der Waals surface area (Å²) in [6.07, 6.45) is 10.0. The lowest BCUT2D eigenvalue weighted by Gasteiger charge is -2.51. The van der Waals surface area contributed by atoms with Gasteiger partial charge in [0.05, 0.1) is 17.4 Å². The molecule has 0 radical (unpaired) electrons. The minimum Gasteiger partial charge on any atom is -0.325 e. The Morgan fingerprint density at radius 2 is 1.77 bits per heavy atom. The Hall–Kier alpha value is -2.98. The number of carbonyl (C=O) groups excluding carboxylic acids is 2. The van der Waals surface area contributed by atoms with Crippen molar-refractivity contribution >= 4 is 27.5 Å². The summed E-state index contributed by atoms with van der Waals surface area (Å²) in [5, 5.41) is 2.74. The van der Waals surface area contributed by atoms with E-state index in [0.29, 0.717) is 24.7 Å². The predicted molar refractivity (Wildman–Crippen MR) is 155 cm³/mol. The number of amides is 3. The number of nitrogens with one attached hydrogen (secondary N) is 1. The molecule has 0 atom stereocenters. The van der Waals surface area contributed by atoms with Crippen LogP contribution in [0.5, 0.6) is 0 Å². The Bertz CT molecular complexity index is 1320. The van der Waals surface area contributed by atoms with Gasteiger partial charge in [-0.15, -0.1) is 0 Å². The molecule has 5 rings (SSSR count). The zero-order valence-corrected chi connectivity index (χ0v) is 24.6. The molecular weight excluding hydrogens is 526 g/mol. The number of urea groups is 1. The first-order chi connectivity index (χ1) is 19.0. The molecule has 216 valence electrons. The maximum atomic E-state index is 13.8. The summed E-state index contributed by atoms with van der Waals surface area (Å²) in [6.45, 7) is 1.80. The van der Waals surface area contributed by atoms with Crippen LogP contribution in [-0.4, -0.2) is 85.6 Å². The van der Waals surface area contributed by atoms with Gasteiger partial charge in [-0.2, -0.15) is 0 Å². The van der Waals surface area contributed by atoms with Crippen LogP contribution in [0.4, 0.5) is 10.5 Å². The molecule has 1 saturated heterocycles. The van der Waals surface area contributed by atoms with Crippen LogP contribution < -0.4 is 5.32 Å². The zero-order valence-electron chi connectivity index (χ0n) is 23.8. The highest BCUT2D eigenvalue weighted by atomic mass is 32.2. The largest absolute Gasteiger partial charge is 0.325 e. The van der Waals surface area contributed by atoms with Crippen LogP contribution >= 0.6 is 0 Å². The van der Waals surface area contributed by atoms with Gasteiger partial charge in [0.1, 0.15) is 0 Å². The van der Waals surface area contributed by atoms with E-state index in [1.165, 1.54) is 43.2 Å². The van der Waals surface area contributed by atoms with Crippen molar-refractivity contribution in [2.45, 2.75) is 67.5 Å². The molecule has 3 fully saturated rings. The number of rotatable bonds is 9. The quantitative estimate of drug-likeness (QED) is 0.489. The topological polar surface area (TPSA) is 103 Å². The minimum atomic E-state index is -3.40. The molecule has 2 heterocycles. The molecule has 1 aromatic heterocycles. The number of benzene rings is 1. The number of pyridine rings is 1. The molecule has 2 saturated carbocycles. The van der Waals surface area contributed by atoms with Crippen molar-refractivity contribution in [1.82, 2.24) is 19.7 Å². The van der Waals surface area contributed by atoms with Crippen LogP contribution in [0.15, 0.2) is 53.7 Å². The third kappa shape index (κ3) is 5.61. The van der Waals surface area contributed by atoms with Crippen molar-refractivity contribution in [3.05, 3.63) is 54.2 Å². The van der Waals surface area contributed by atoms with Crippen LogP contribution in [0.2, 0.25) is 0 Å². The van der Waals surface area contributed by atoms with E-state index in [-0.39, 0.29) is 34.5 Å². The fourth-order valence-corrected chi connectivity index (χ4v) is 7.25. The average molecular weight is 568 g/mol. The van der Waals surface area contributed by atoms with Gasteiger partial charge in [0.15, 0.2) is 14.9 Å². The number of aromatic nitrogens is 1. The second-order valence-corrected chi connectivity index (χ2v) is 14.0. The molecule has 9 nitrogen and oxygen atoms in total. The van der Waals surface area contributed by atoms with Gasteiger partial charge in [-0.25, -0.2) is 18.2 Å². The summed E-state index contributed by atoms with van der Waals surface area (Å²) in [7, 11) is 0.913. The predicted octanol–water partition coefficient (Wildman–Crippen LogP) is 4.12. The molecule has 1 aliphatic heterocycles. The SMILES string of the molecule is CN(C)[C@]1(c2ccccc2)CC[C@@]2(CC1)CN(CCC(=O)Nc1ccc(S(C)(=O)=O)nc1)C(=O)N2CC1CCC1. The number of anilines is 1. The van der Waals surface area contributed by atoms with Gasteiger partial charge in [0, 0.05) is 37.8 Å². The summed E-state index contributed by atoms with van der Waals surface area (Å²) in [4.78, 5) is 36.8. The van der Waals surface area contributed by atoms with E-state index < -0.39 is 9.84 Å². The highest BCUT2D eigenvalue weighted by Crippen LogP contribution is 2.49. The van der Waals surface area contributed by atoms with Crippen LogP contribution in [-0.2, 0) is 20.2 Å². The molecule has 1 spiro atoms. The van der Waals surface area contributed by atoms with Gasteiger partial charge in [-0.1, -0.05) is 36.8 Å². The third-order valence-corrected chi connectivity index (χ3v) is 10.4. The number of hydrogen-bond donors (Lipinski definition) is 1. The van der Waals surface area contributed by atoms with Gasteiger partial charge in [0.2, 0.25) is 5.91 Å². The van der Waals surface area contributed by atoms with Gasteiger partial charge < -0.3 is 15.1 Å². The van der Waals surface area contributed by atoms with Gasteiger partial charge >= 0.3 is 6.03 Å². The fourth-order valence-electron chi connectivity index (χ4n) is 6.69. The molecule has 40 heavy (non-hydrogen) atoms. The molecule has 3 amide bonds. The van der Waals surface area contributed by atoms with E-state index in [1.54, 1.807) is 0 Å². The molecular formula is C30H41N5O4S. The van der Waals surface area contributed by atoms with E-state index in [9.17, 15) is 18.0 Å². The molecule has 1 aromatic carbocycles. The summed E-state index contributed by atoms with van der Waals surface area (Å²) >= 11 is 0. The first-order valence-corrected chi connectivity index (χ1v) is 16.2. The highest BCUT2D eigenvalue weighted by Gasteiger charge is 2.54. The number of nitrogens with zero attached hydrogens (tertiary/aromatic N) is 4. The Morgan fingerprint density at radius 3 is 2.33 bits per heavy atom. The van der Waals surface area contributed by atoms with Gasteiger partial charge in [0.25, 0.3) is 0 Å². The highest BCUT2D eigenvalue weighted by molar-refractivity contribution is 7.90. The maximum Gasteiger partial charge on any atom is 0.320 e. The first kappa shape index (κ1) is 28.5.